The Morgan fingerprint density at radius 1 is 1.43 bits per heavy atom. The Bertz CT molecular complexity index is 328. The highest BCUT2D eigenvalue weighted by atomic mass is 16.5. The summed E-state index contributed by atoms with van der Waals surface area (Å²) in [6, 6.07) is 0. The van der Waals surface area contributed by atoms with E-state index in [1.165, 1.54) is 7.11 Å². The molecule has 1 fully saturated rings. The van der Waals surface area contributed by atoms with Gasteiger partial charge in [0, 0.05) is 33.4 Å². The molecule has 1 rings (SSSR count). The maximum atomic E-state index is 11.1. The lowest BCUT2D eigenvalue weighted by atomic mass is 9.96. The van der Waals surface area contributed by atoms with Crippen molar-refractivity contribution in [1.29, 1.82) is 0 Å². The molecule has 1 heterocycles. The van der Waals surface area contributed by atoms with E-state index in [2.05, 4.69) is 19.9 Å². The lowest BCUT2D eigenvalue weighted by molar-refractivity contribution is -0.140. The van der Waals surface area contributed by atoms with Crippen LogP contribution in [0.15, 0.2) is 4.99 Å². The first-order valence-electron chi connectivity index (χ1n) is 7.81. The Morgan fingerprint density at radius 3 is 2.76 bits per heavy atom. The summed E-state index contributed by atoms with van der Waals surface area (Å²) in [7, 11) is 3.44. The molecule has 0 amide bonds. The average Bonchev–Trinajstić information content (AvgIpc) is 2.52. The van der Waals surface area contributed by atoms with Crippen LogP contribution in [-0.2, 0) is 14.3 Å². The summed E-state index contributed by atoms with van der Waals surface area (Å²) in [6.07, 6.45) is 3.79. The van der Waals surface area contributed by atoms with Crippen LogP contribution in [-0.4, -0.2) is 63.8 Å². The Hall–Kier alpha value is -1.30. The van der Waals surface area contributed by atoms with Crippen molar-refractivity contribution in [3.8, 4) is 0 Å². The van der Waals surface area contributed by atoms with Crippen molar-refractivity contribution in [3.05, 3.63) is 0 Å². The molecule has 0 unspecified atom stereocenters. The molecule has 6 nitrogen and oxygen atoms in total. The lowest BCUT2D eigenvalue weighted by Crippen LogP contribution is -2.40. The molecule has 1 aliphatic rings. The Kier molecular flexibility index (Phi) is 8.82. The summed E-state index contributed by atoms with van der Waals surface area (Å²) < 4.78 is 10.0. The molecule has 0 saturated carbocycles. The minimum atomic E-state index is -0.223. The number of nitrogens with zero attached hydrogens (tertiary/aromatic N) is 2. The third-order valence-corrected chi connectivity index (χ3v) is 3.72. The molecule has 0 radical (unpaired) electrons. The van der Waals surface area contributed by atoms with Crippen LogP contribution in [0.5, 0.6) is 0 Å². The summed E-state index contributed by atoms with van der Waals surface area (Å²) in [5, 5.41) is 3.26. The summed E-state index contributed by atoms with van der Waals surface area (Å²) >= 11 is 0. The third kappa shape index (κ3) is 7.32. The molecule has 0 bridgehead atoms. The van der Waals surface area contributed by atoms with Crippen molar-refractivity contribution >= 4 is 11.9 Å². The van der Waals surface area contributed by atoms with E-state index < -0.39 is 0 Å². The van der Waals surface area contributed by atoms with Crippen molar-refractivity contribution in [3.63, 3.8) is 0 Å². The van der Waals surface area contributed by atoms with Crippen LogP contribution in [0.3, 0.4) is 0 Å². The fraction of sp³-hybridized carbons (Fsp3) is 0.867. The van der Waals surface area contributed by atoms with Gasteiger partial charge in [-0.25, -0.2) is 0 Å². The number of hydrogen-bond donors (Lipinski definition) is 1. The van der Waals surface area contributed by atoms with Crippen LogP contribution in [0, 0.1) is 5.92 Å². The molecular weight excluding hydrogens is 270 g/mol. The van der Waals surface area contributed by atoms with Gasteiger partial charge in [-0.3, -0.25) is 9.79 Å². The van der Waals surface area contributed by atoms with Gasteiger partial charge in [0.15, 0.2) is 5.96 Å². The topological polar surface area (TPSA) is 63.2 Å². The van der Waals surface area contributed by atoms with Gasteiger partial charge in [-0.2, -0.15) is 0 Å². The van der Waals surface area contributed by atoms with Gasteiger partial charge in [0.1, 0.15) is 0 Å². The number of aliphatic imine (C=N–C) groups is 1. The summed E-state index contributed by atoms with van der Waals surface area (Å²) in [6.45, 7) is 6.06. The Morgan fingerprint density at radius 2 is 2.14 bits per heavy atom. The van der Waals surface area contributed by atoms with Crippen LogP contribution in [0.2, 0.25) is 0 Å². The molecule has 0 aliphatic carbocycles. The summed E-state index contributed by atoms with van der Waals surface area (Å²) in [5.74, 6) is 1.38. The maximum absolute atomic E-state index is 11.1. The van der Waals surface area contributed by atoms with Gasteiger partial charge in [0.2, 0.25) is 0 Å². The van der Waals surface area contributed by atoms with E-state index in [-0.39, 0.29) is 5.97 Å². The predicted molar refractivity (Wildman–Crippen MR) is 83.4 cm³/mol. The van der Waals surface area contributed by atoms with E-state index in [0.717, 1.165) is 57.4 Å². The molecule has 1 N–H and O–H groups in total. The van der Waals surface area contributed by atoms with Crippen molar-refractivity contribution in [1.82, 2.24) is 10.2 Å². The molecule has 0 spiro atoms. The largest absolute Gasteiger partial charge is 0.469 e. The van der Waals surface area contributed by atoms with E-state index >= 15 is 0 Å². The van der Waals surface area contributed by atoms with Gasteiger partial charge in [-0.1, -0.05) is 0 Å². The Balaban J connectivity index is 2.37. The van der Waals surface area contributed by atoms with Crippen molar-refractivity contribution in [2.24, 2.45) is 10.9 Å². The Labute approximate surface area is 127 Å². The smallest absolute Gasteiger partial charge is 0.307 e. The van der Waals surface area contributed by atoms with E-state index in [0.29, 0.717) is 13.0 Å². The highest BCUT2D eigenvalue weighted by molar-refractivity contribution is 5.80. The fourth-order valence-electron chi connectivity index (χ4n) is 2.34. The molecule has 122 valence electrons. The first-order valence-corrected chi connectivity index (χ1v) is 7.81. The minimum Gasteiger partial charge on any atom is -0.469 e. The lowest BCUT2D eigenvalue weighted by Gasteiger charge is -2.26. The molecule has 0 aromatic heterocycles. The van der Waals surface area contributed by atoms with E-state index in [1.807, 2.05) is 14.0 Å². The number of rotatable bonds is 7. The second-order valence-electron chi connectivity index (χ2n) is 5.33. The van der Waals surface area contributed by atoms with Gasteiger partial charge in [-0.15, -0.1) is 0 Å². The van der Waals surface area contributed by atoms with Gasteiger partial charge in [0.25, 0.3) is 0 Å². The highest BCUT2D eigenvalue weighted by Crippen LogP contribution is 2.18. The molecule has 0 atom stereocenters. The molecule has 21 heavy (non-hydrogen) atoms. The number of carbonyl (C=O) groups is 1. The third-order valence-electron chi connectivity index (χ3n) is 3.72. The zero-order valence-electron chi connectivity index (χ0n) is 13.6. The van der Waals surface area contributed by atoms with E-state index in [9.17, 15) is 4.79 Å². The van der Waals surface area contributed by atoms with Gasteiger partial charge in [-0.05, 0) is 32.1 Å². The number of ether oxygens (including phenoxy) is 2. The monoisotopic (exact) mass is 299 g/mol. The average molecular weight is 299 g/mol. The second kappa shape index (κ2) is 10.4. The number of guanidine groups is 1. The molecule has 0 aromatic rings. The molecule has 1 saturated heterocycles. The van der Waals surface area contributed by atoms with E-state index in [4.69, 9.17) is 4.74 Å². The van der Waals surface area contributed by atoms with Crippen LogP contribution < -0.4 is 5.32 Å². The SMILES string of the molecule is CCNC(=NCCC(=O)OC)N(C)CCC1CCOCC1. The second-order valence-corrected chi connectivity index (χ2v) is 5.33. The number of hydrogen-bond acceptors (Lipinski definition) is 4. The van der Waals surface area contributed by atoms with Gasteiger partial charge < -0.3 is 19.7 Å². The zero-order valence-corrected chi connectivity index (χ0v) is 13.6. The standard InChI is InChI=1S/C15H29N3O3/c1-4-16-15(17-9-5-14(19)20-3)18(2)10-6-13-7-11-21-12-8-13/h13H,4-12H2,1-3H3,(H,16,17). The van der Waals surface area contributed by atoms with Gasteiger partial charge >= 0.3 is 5.97 Å². The van der Waals surface area contributed by atoms with Crippen molar-refractivity contribution in [2.75, 3.05) is 47.0 Å². The van der Waals surface area contributed by atoms with Crippen LogP contribution in [0.25, 0.3) is 0 Å². The van der Waals surface area contributed by atoms with E-state index in [1.54, 1.807) is 0 Å². The molecule has 6 heteroatoms. The maximum Gasteiger partial charge on any atom is 0.307 e. The summed E-state index contributed by atoms with van der Waals surface area (Å²) in [5.41, 5.74) is 0. The first kappa shape index (κ1) is 17.8. The summed E-state index contributed by atoms with van der Waals surface area (Å²) in [4.78, 5) is 17.7. The molecule has 1 aliphatic heterocycles. The van der Waals surface area contributed by atoms with Gasteiger partial charge in [0.05, 0.1) is 20.1 Å². The zero-order chi connectivity index (χ0) is 15.5. The predicted octanol–water partition coefficient (Wildman–Crippen LogP) is 1.26. The highest BCUT2D eigenvalue weighted by Gasteiger charge is 2.15. The number of carbonyl (C=O) groups excluding carboxylic acids is 1. The van der Waals surface area contributed by atoms with Crippen molar-refractivity contribution in [2.45, 2.75) is 32.6 Å². The van der Waals surface area contributed by atoms with Crippen LogP contribution in [0.4, 0.5) is 0 Å². The normalized spacial score (nSPS) is 16.6. The van der Waals surface area contributed by atoms with Crippen molar-refractivity contribution < 1.29 is 14.3 Å². The number of esters is 1. The van der Waals surface area contributed by atoms with Crippen LogP contribution >= 0.6 is 0 Å². The number of methoxy groups -OCH3 is 1. The minimum absolute atomic E-state index is 0.223. The number of nitrogens with one attached hydrogen (secondary N) is 1. The molecule has 0 aromatic carbocycles. The van der Waals surface area contributed by atoms with Crippen LogP contribution in [0.1, 0.15) is 32.6 Å². The fourth-order valence-corrected chi connectivity index (χ4v) is 2.34. The quantitative estimate of drug-likeness (QED) is 0.436. The first-order chi connectivity index (χ1) is 10.2. The molecular formula is C15H29N3O3.